The molecule has 2 rings (SSSR count). The summed E-state index contributed by atoms with van der Waals surface area (Å²) < 4.78 is 24.2. The van der Waals surface area contributed by atoms with Crippen LogP contribution in [-0.2, 0) is 27.4 Å². The summed E-state index contributed by atoms with van der Waals surface area (Å²) in [5.74, 6) is 1.03. The van der Waals surface area contributed by atoms with E-state index < -0.39 is 0 Å². The van der Waals surface area contributed by atoms with Gasteiger partial charge in [0.15, 0.2) is 0 Å². The van der Waals surface area contributed by atoms with Crippen LogP contribution >= 0.6 is 0 Å². The number of halogens is 1. The lowest BCUT2D eigenvalue weighted by Crippen LogP contribution is -2.44. The lowest BCUT2D eigenvalue weighted by atomic mass is 9.84. The Bertz CT molecular complexity index is 917. The molecule has 0 radical (unpaired) electrons. The molecule has 2 amide bonds. The zero-order valence-electron chi connectivity index (χ0n) is 21.4. The molecule has 0 saturated heterocycles. The fraction of sp³-hybridized carbons (Fsp3) is 0.556. The van der Waals surface area contributed by atoms with E-state index in [1.54, 1.807) is 29.0 Å². The Morgan fingerprint density at radius 1 is 1.03 bits per heavy atom. The molecule has 0 aliphatic rings. The Kier molecular flexibility index (Phi) is 10.3. The van der Waals surface area contributed by atoms with Gasteiger partial charge < -0.3 is 19.0 Å². The van der Waals surface area contributed by atoms with Crippen LogP contribution in [0.25, 0.3) is 0 Å². The zero-order chi connectivity index (χ0) is 25.3. The molecule has 1 aromatic heterocycles. The third kappa shape index (κ3) is 9.67. The molecule has 0 fully saturated rings. The average Bonchev–Trinajstić information content (AvgIpc) is 3.15. The first-order valence-corrected chi connectivity index (χ1v) is 11.8. The Balaban J connectivity index is 2.16. The van der Waals surface area contributed by atoms with Gasteiger partial charge >= 0.3 is 0 Å². The highest BCUT2D eigenvalue weighted by Crippen LogP contribution is 2.26. The average molecular weight is 475 g/mol. The number of furan rings is 1. The Morgan fingerprint density at radius 3 is 2.26 bits per heavy atom. The van der Waals surface area contributed by atoms with E-state index in [4.69, 9.17) is 9.15 Å². The minimum Gasteiger partial charge on any atom is -0.464 e. The molecule has 6 nitrogen and oxygen atoms in total. The van der Waals surface area contributed by atoms with Crippen molar-refractivity contribution in [2.24, 2.45) is 11.3 Å². The standard InChI is InChI=1S/C27H39FN2O4/c1-20(16-27(3,4)5)15-25(31)29(13-14-33-6)19-26(32)30(18-24-12-7-21(2)34-24)17-22-8-10-23(28)11-9-22/h7-12,20H,13-19H2,1-6H3. The molecule has 2 aromatic rings. The van der Waals surface area contributed by atoms with Gasteiger partial charge in [-0.3, -0.25) is 9.59 Å². The summed E-state index contributed by atoms with van der Waals surface area (Å²) in [4.78, 5) is 29.7. The monoisotopic (exact) mass is 474 g/mol. The van der Waals surface area contributed by atoms with E-state index in [2.05, 4.69) is 27.7 Å². The number of nitrogens with zero attached hydrogens (tertiary/aromatic N) is 2. The van der Waals surface area contributed by atoms with Crippen LogP contribution in [0.1, 0.15) is 57.6 Å². The van der Waals surface area contributed by atoms with Crippen LogP contribution in [0.4, 0.5) is 4.39 Å². The van der Waals surface area contributed by atoms with Crippen LogP contribution in [-0.4, -0.2) is 48.4 Å². The minimum absolute atomic E-state index is 0.0503. The van der Waals surface area contributed by atoms with Crippen LogP contribution in [0, 0.1) is 24.1 Å². The fourth-order valence-corrected chi connectivity index (χ4v) is 4.10. The molecule has 1 heterocycles. The van der Waals surface area contributed by atoms with Crippen LogP contribution in [0.15, 0.2) is 40.8 Å². The molecule has 1 aromatic carbocycles. The topological polar surface area (TPSA) is 63.0 Å². The van der Waals surface area contributed by atoms with Crippen LogP contribution in [0.5, 0.6) is 0 Å². The van der Waals surface area contributed by atoms with Gasteiger partial charge in [-0.1, -0.05) is 39.8 Å². The molecule has 7 heteroatoms. The summed E-state index contributed by atoms with van der Waals surface area (Å²) in [6.45, 7) is 11.6. The van der Waals surface area contributed by atoms with E-state index >= 15 is 0 Å². The molecule has 1 atom stereocenters. The van der Waals surface area contributed by atoms with Crippen molar-refractivity contribution in [2.45, 2.75) is 60.5 Å². The second kappa shape index (κ2) is 12.7. The van der Waals surface area contributed by atoms with Crippen LogP contribution < -0.4 is 0 Å². The van der Waals surface area contributed by atoms with Crippen molar-refractivity contribution in [3.8, 4) is 0 Å². The maximum atomic E-state index is 13.4. The van der Waals surface area contributed by atoms with Gasteiger partial charge in [-0.2, -0.15) is 0 Å². The summed E-state index contributed by atoms with van der Waals surface area (Å²) in [5.41, 5.74) is 0.923. The molecule has 0 aliphatic heterocycles. The van der Waals surface area contributed by atoms with Crippen molar-refractivity contribution < 1.29 is 23.1 Å². The summed E-state index contributed by atoms with van der Waals surface area (Å²) >= 11 is 0. The van der Waals surface area contributed by atoms with Crippen LogP contribution in [0.3, 0.4) is 0 Å². The van der Waals surface area contributed by atoms with Crippen molar-refractivity contribution >= 4 is 11.8 Å². The van der Waals surface area contributed by atoms with Gasteiger partial charge in [0.2, 0.25) is 11.8 Å². The number of rotatable bonds is 12. The van der Waals surface area contributed by atoms with E-state index in [0.717, 1.165) is 17.7 Å². The predicted molar refractivity (Wildman–Crippen MR) is 130 cm³/mol. The lowest BCUT2D eigenvalue weighted by Gasteiger charge is -2.29. The number of hydrogen-bond donors (Lipinski definition) is 0. The first-order chi connectivity index (χ1) is 16.0. The van der Waals surface area contributed by atoms with E-state index in [9.17, 15) is 14.0 Å². The van der Waals surface area contributed by atoms with E-state index in [1.165, 1.54) is 12.1 Å². The number of amides is 2. The maximum Gasteiger partial charge on any atom is 0.242 e. The highest BCUT2D eigenvalue weighted by atomic mass is 19.1. The first-order valence-electron chi connectivity index (χ1n) is 11.8. The van der Waals surface area contributed by atoms with Gasteiger partial charge in [0.1, 0.15) is 17.3 Å². The minimum atomic E-state index is -0.330. The van der Waals surface area contributed by atoms with Gasteiger partial charge in [0.05, 0.1) is 19.7 Å². The second-order valence-corrected chi connectivity index (χ2v) is 10.3. The van der Waals surface area contributed by atoms with Gasteiger partial charge in [-0.15, -0.1) is 0 Å². The van der Waals surface area contributed by atoms with Gasteiger partial charge in [0, 0.05) is 26.6 Å². The van der Waals surface area contributed by atoms with Crippen molar-refractivity contribution in [1.29, 1.82) is 0 Å². The van der Waals surface area contributed by atoms with E-state index in [1.807, 2.05) is 19.1 Å². The first kappa shape index (κ1) is 27.6. The van der Waals surface area contributed by atoms with Crippen molar-refractivity contribution in [1.82, 2.24) is 9.80 Å². The molecular formula is C27H39FN2O4. The zero-order valence-corrected chi connectivity index (χ0v) is 21.4. The molecule has 0 N–H and O–H groups in total. The quantitative estimate of drug-likeness (QED) is 0.425. The maximum absolute atomic E-state index is 13.4. The number of aryl methyl sites for hydroxylation is 1. The third-order valence-electron chi connectivity index (χ3n) is 5.51. The SMILES string of the molecule is COCCN(CC(=O)N(Cc1ccc(F)cc1)Cc1ccc(C)o1)C(=O)CC(C)CC(C)(C)C. The van der Waals surface area contributed by atoms with Crippen molar-refractivity contribution in [3.05, 3.63) is 59.3 Å². The number of benzene rings is 1. The molecule has 0 spiro atoms. The predicted octanol–water partition coefficient (Wildman–Crippen LogP) is 5.19. The Labute approximate surface area is 203 Å². The highest BCUT2D eigenvalue weighted by Gasteiger charge is 2.25. The largest absolute Gasteiger partial charge is 0.464 e. The fourth-order valence-electron chi connectivity index (χ4n) is 4.10. The summed E-state index contributed by atoms with van der Waals surface area (Å²) in [6, 6.07) is 9.75. The number of hydrogen-bond acceptors (Lipinski definition) is 4. The number of ether oxygens (including phenoxy) is 1. The summed E-state index contributed by atoms with van der Waals surface area (Å²) in [6.07, 6.45) is 1.29. The third-order valence-corrected chi connectivity index (χ3v) is 5.51. The Morgan fingerprint density at radius 2 is 1.71 bits per heavy atom. The summed E-state index contributed by atoms with van der Waals surface area (Å²) in [5, 5.41) is 0. The van der Waals surface area contributed by atoms with Gasteiger partial charge in [0.25, 0.3) is 0 Å². The normalized spacial score (nSPS) is 12.4. The molecule has 188 valence electrons. The smallest absolute Gasteiger partial charge is 0.242 e. The van der Waals surface area contributed by atoms with Gasteiger partial charge in [-0.25, -0.2) is 4.39 Å². The molecule has 0 saturated carbocycles. The lowest BCUT2D eigenvalue weighted by molar-refractivity contribution is -0.142. The van der Waals surface area contributed by atoms with E-state index in [-0.39, 0.29) is 48.6 Å². The summed E-state index contributed by atoms with van der Waals surface area (Å²) in [7, 11) is 1.58. The second-order valence-electron chi connectivity index (χ2n) is 10.3. The molecule has 0 bridgehead atoms. The van der Waals surface area contributed by atoms with Crippen LogP contribution in [0.2, 0.25) is 0 Å². The number of carbonyl (C=O) groups excluding carboxylic acids is 2. The highest BCUT2D eigenvalue weighted by molar-refractivity contribution is 5.85. The molecule has 34 heavy (non-hydrogen) atoms. The van der Waals surface area contributed by atoms with Crippen molar-refractivity contribution in [3.63, 3.8) is 0 Å². The molecule has 0 aliphatic carbocycles. The van der Waals surface area contributed by atoms with E-state index in [0.29, 0.717) is 25.3 Å². The molecular weight excluding hydrogens is 435 g/mol. The number of methoxy groups -OCH3 is 1. The Hall–Kier alpha value is -2.67. The van der Waals surface area contributed by atoms with Crippen molar-refractivity contribution in [2.75, 3.05) is 26.8 Å². The van der Waals surface area contributed by atoms with Gasteiger partial charge in [-0.05, 0) is 54.5 Å². The number of carbonyl (C=O) groups is 2. The molecule has 1 unspecified atom stereocenters.